The van der Waals surface area contributed by atoms with Crippen LogP contribution >= 0.6 is 0 Å². The van der Waals surface area contributed by atoms with Crippen molar-refractivity contribution in [3.05, 3.63) is 71.0 Å². The van der Waals surface area contributed by atoms with Crippen LogP contribution in [0.3, 0.4) is 0 Å². The van der Waals surface area contributed by atoms with Crippen LogP contribution in [-0.4, -0.2) is 12.5 Å². The van der Waals surface area contributed by atoms with Gasteiger partial charge in [-0.3, -0.25) is 4.79 Å². The van der Waals surface area contributed by atoms with Crippen LogP contribution in [0.4, 0.5) is 4.39 Å². The zero-order valence-corrected chi connectivity index (χ0v) is 13.2. The van der Waals surface area contributed by atoms with E-state index in [1.165, 1.54) is 29.7 Å². The Balaban J connectivity index is 1.50. The largest absolute Gasteiger partial charge is 0.355 e. The zero-order valence-electron chi connectivity index (χ0n) is 13.2. The van der Waals surface area contributed by atoms with E-state index in [4.69, 9.17) is 0 Å². The second kappa shape index (κ2) is 7.40. The lowest BCUT2D eigenvalue weighted by molar-refractivity contribution is -0.121. The Bertz CT molecular complexity index is 683. The van der Waals surface area contributed by atoms with E-state index in [0.29, 0.717) is 25.3 Å². The van der Waals surface area contributed by atoms with Gasteiger partial charge in [-0.15, -0.1) is 0 Å². The van der Waals surface area contributed by atoms with Crippen molar-refractivity contribution in [1.82, 2.24) is 5.32 Å². The van der Waals surface area contributed by atoms with Gasteiger partial charge in [0.1, 0.15) is 5.82 Å². The molecule has 23 heavy (non-hydrogen) atoms. The highest BCUT2D eigenvalue weighted by molar-refractivity contribution is 5.76. The standard InChI is InChI=1S/C20H22FNO/c21-18-9-3-5-15(13-18)11-12-20(23)22-14-17-8-4-7-16-6-1-2-10-19(16)17/h1-3,5-6,9-10,13,17H,4,7-8,11-12,14H2,(H,22,23). The van der Waals surface area contributed by atoms with Crippen LogP contribution in [0.1, 0.15) is 41.9 Å². The number of carbonyl (C=O) groups is 1. The summed E-state index contributed by atoms with van der Waals surface area (Å²) in [5, 5.41) is 3.05. The Morgan fingerprint density at radius 2 is 2.04 bits per heavy atom. The molecule has 0 saturated carbocycles. The smallest absolute Gasteiger partial charge is 0.220 e. The zero-order chi connectivity index (χ0) is 16.1. The Labute approximate surface area is 136 Å². The number of aryl methyl sites for hydroxylation is 2. The molecule has 0 aliphatic heterocycles. The van der Waals surface area contributed by atoms with Crippen LogP contribution in [0.5, 0.6) is 0 Å². The first-order valence-electron chi connectivity index (χ1n) is 8.31. The van der Waals surface area contributed by atoms with Crippen molar-refractivity contribution in [2.75, 3.05) is 6.54 Å². The van der Waals surface area contributed by atoms with Gasteiger partial charge in [-0.2, -0.15) is 0 Å². The molecule has 1 aliphatic rings. The summed E-state index contributed by atoms with van der Waals surface area (Å²) in [6, 6.07) is 15.0. The average molecular weight is 311 g/mol. The minimum atomic E-state index is -0.248. The SMILES string of the molecule is O=C(CCc1cccc(F)c1)NCC1CCCc2ccccc21. The monoisotopic (exact) mass is 311 g/mol. The van der Waals surface area contributed by atoms with Gasteiger partial charge >= 0.3 is 0 Å². The number of hydrogen-bond donors (Lipinski definition) is 1. The molecule has 1 amide bonds. The van der Waals surface area contributed by atoms with Crippen molar-refractivity contribution in [3.63, 3.8) is 0 Å². The molecule has 3 heteroatoms. The summed E-state index contributed by atoms with van der Waals surface area (Å²) in [5.74, 6) is 0.206. The van der Waals surface area contributed by atoms with Crippen LogP contribution < -0.4 is 5.32 Å². The lowest BCUT2D eigenvalue weighted by Crippen LogP contribution is -2.30. The molecule has 3 rings (SSSR count). The Morgan fingerprint density at radius 1 is 1.17 bits per heavy atom. The maximum Gasteiger partial charge on any atom is 0.220 e. The molecule has 2 aromatic rings. The molecule has 2 aromatic carbocycles. The fraction of sp³-hybridized carbons (Fsp3) is 0.350. The van der Waals surface area contributed by atoms with E-state index in [2.05, 4.69) is 29.6 Å². The molecule has 1 atom stereocenters. The number of benzene rings is 2. The lowest BCUT2D eigenvalue weighted by atomic mass is 9.83. The van der Waals surface area contributed by atoms with Crippen LogP contribution in [0.2, 0.25) is 0 Å². The predicted octanol–water partition coefficient (Wildman–Crippen LogP) is 3.99. The molecule has 1 N–H and O–H groups in total. The first-order valence-corrected chi connectivity index (χ1v) is 8.31. The van der Waals surface area contributed by atoms with Crippen LogP contribution in [0.25, 0.3) is 0 Å². The highest BCUT2D eigenvalue weighted by Crippen LogP contribution is 2.30. The van der Waals surface area contributed by atoms with Gasteiger partial charge in [0.05, 0.1) is 0 Å². The van der Waals surface area contributed by atoms with Crippen molar-refractivity contribution in [2.24, 2.45) is 0 Å². The number of rotatable bonds is 5. The van der Waals surface area contributed by atoms with E-state index >= 15 is 0 Å². The van der Waals surface area contributed by atoms with Gasteiger partial charge in [0.15, 0.2) is 0 Å². The van der Waals surface area contributed by atoms with E-state index < -0.39 is 0 Å². The van der Waals surface area contributed by atoms with E-state index in [1.54, 1.807) is 6.07 Å². The number of carbonyl (C=O) groups excluding carboxylic acids is 1. The van der Waals surface area contributed by atoms with Gasteiger partial charge in [0.25, 0.3) is 0 Å². The molecular formula is C20H22FNO. The number of amides is 1. The van der Waals surface area contributed by atoms with Gasteiger partial charge in [-0.05, 0) is 54.5 Å². The minimum Gasteiger partial charge on any atom is -0.355 e. The molecular weight excluding hydrogens is 289 g/mol. The molecule has 2 nitrogen and oxygen atoms in total. The Morgan fingerprint density at radius 3 is 2.91 bits per heavy atom. The summed E-state index contributed by atoms with van der Waals surface area (Å²) in [4.78, 5) is 12.1. The number of fused-ring (bicyclic) bond motifs is 1. The fourth-order valence-electron chi connectivity index (χ4n) is 3.34. The van der Waals surface area contributed by atoms with Gasteiger partial charge in [0.2, 0.25) is 5.91 Å². The van der Waals surface area contributed by atoms with Crippen LogP contribution in [0.15, 0.2) is 48.5 Å². The van der Waals surface area contributed by atoms with Gasteiger partial charge in [-0.25, -0.2) is 4.39 Å². The maximum absolute atomic E-state index is 13.1. The number of hydrogen-bond acceptors (Lipinski definition) is 1. The summed E-state index contributed by atoms with van der Waals surface area (Å²) in [6.45, 7) is 0.693. The lowest BCUT2D eigenvalue weighted by Gasteiger charge is -2.25. The third kappa shape index (κ3) is 4.19. The summed E-state index contributed by atoms with van der Waals surface area (Å²) in [5.41, 5.74) is 3.66. The minimum absolute atomic E-state index is 0.0392. The van der Waals surface area contributed by atoms with Crippen LogP contribution in [0, 0.1) is 5.82 Å². The first-order chi connectivity index (χ1) is 11.2. The number of halogens is 1. The second-order valence-corrected chi connectivity index (χ2v) is 6.22. The Kier molecular flexibility index (Phi) is 5.06. The molecule has 1 unspecified atom stereocenters. The summed E-state index contributed by atoms with van der Waals surface area (Å²) in [7, 11) is 0. The highest BCUT2D eigenvalue weighted by atomic mass is 19.1. The summed E-state index contributed by atoms with van der Waals surface area (Å²) >= 11 is 0. The van der Waals surface area contributed by atoms with Gasteiger partial charge < -0.3 is 5.32 Å². The summed E-state index contributed by atoms with van der Waals surface area (Å²) < 4.78 is 13.1. The predicted molar refractivity (Wildman–Crippen MR) is 89.9 cm³/mol. The quantitative estimate of drug-likeness (QED) is 0.888. The molecule has 0 spiro atoms. The van der Waals surface area contributed by atoms with Gasteiger partial charge in [-0.1, -0.05) is 36.4 Å². The normalized spacial score (nSPS) is 16.7. The third-order valence-electron chi connectivity index (χ3n) is 4.57. The van der Waals surface area contributed by atoms with Crippen molar-refractivity contribution >= 4 is 5.91 Å². The topological polar surface area (TPSA) is 29.1 Å². The Hall–Kier alpha value is -2.16. The van der Waals surface area contributed by atoms with Crippen molar-refractivity contribution in [2.45, 2.75) is 38.0 Å². The fourth-order valence-corrected chi connectivity index (χ4v) is 3.34. The van der Waals surface area contributed by atoms with E-state index in [0.717, 1.165) is 18.4 Å². The molecule has 120 valence electrons. The van der Waals surface area contributed by atoms with Crippen molar-refractivity contribution < 1.29 is 9.18 Å². The molecule has 0 heterocycles. The molecule has 0 bridgehead atoms. The molecule has 0 fully saturated rings. The maximum atomic E-state index is 13.1. The molecule has 0 radical (unpaired) electrons. The summed E-state index contributed by atoms with van der Waals surface area (Å²) in [6.07, 6.45) is 4.42. The van der Waals surface area contributed by atoms with E-state index in [1.807, 2.05) is 6.07 Å². The van der Waals surface area contributed by atoms with Crippen molar-refractivity contribution in [3.8, 4) is 0 Å². The highest BCUT2D eigenvalue weighted by Gasteiger charge is 2.20. The molecule has 1 aliphatic carbocycles. The second-order valence-electron chi connectivity index (χ2n) is 6.22. The molecule has 0 saturated heterocycles. The van der Waals surface area contributed by atoms with E-state index in [9.17, 15) is 9.18 Å². The average Bonchev–Trinajstić information content (AvgIpc) is 2.58. The van der Waals surface area contributed by atoms with E-state index in [-0.39, 0.29) is 11.7 Å². The van der Waals surface area contributed by atoms with Crippen LogP contribution in [-0.2, 0) is 17.6 Å². The van der Waals surface area contributed by atoms with Crippen molar-refractivity contribution in [1.29, 1.82) is 0 Å². The number of nitrogens with one attached hydrogen (secondary N) is 1. The third-order valence-corrected chi connectivity index (χ3v) is 4.57. The van der Waals surface area contributed by atoms with Gasteiger partial charge in [0, 0.05) is 18.9 Å². The first kappa shape index (κ1) is 15.7. The molecule has 0 aromatic heterocycles.